The van der Waals surface area contributed by atoms with Crippen molar-refractivity contribution in [3.8, 4) is 0 Å². The quantitative estimate of drug-likeness (QED) is 0.682. The monoisotopic (exact) mass is 477 g/mol. The molecule has 2 aromatic rings. The van der Waals surface area contributed by atoms with Crippen LogP contribution in [0.1, 0.15) is 42.3 Å². The topological polar surface area (TPSA) is 93.0 Å². The molecule has 10 heteroatoms. The second-order valence-electron chi connectivity index (χ2n) is 8.02. The minimum absolute atomic E-state index is 0.0493. The normalized spacial score (nSPS) is 23.3. The second-order valence-corrected chi connectivity index (χ2v) is 9.32. The number of hydrogen-bond donors (Lipinski definition) is 2. The Bertz CT molecular complexity index is 1090. The third kappa shape index (κ3) is 3.94. The first kappa shape index (κ1) is 21.5. The highest BCUT2D eigenvalue weighted by atomic mass is 35.5. The average molecular weight is 478 g/mol. The highest BCUT2D eigenvalue weighted by Gasteiger charge is 2.43. The van der Waals surface area contributed by atoms with E-state index in [0.29, 0.717) is 61.0 Å². The van der Waals surface area contributed by atoms with Gasteiger partial charge in [0.15, 0.2) is 16.6 Å². The van der Waals surface area contributed by atoms with Crippen LogP contribution < -0.4 is 5.32 Å². The summed E-state index contributed by atoms with van der Waals surface area (Å²) in [5, 5.41) is 16.1. The van der Waals surface area contributed by atoms with Crippen molar-refractivity contribution in [3.05, 3.63) is 62.5 Å². The zero-order valence-corrected chi connectivity index (χ0v) is 18.6. The number of benzene rings is 1. The Hall–Kier alpha value is -2.33. The van der Waals surface area contributed by atoms with Gasteiger partial charge >= 0.3 is 5.97 Å². The number of nitrogens with one attached hydrogen (secondary N) is 1. The molecule has 2 aliphatic heterocycles. The maximum Gasteiger partial charge on any atom is 0.335 e. The van der Waals surface area contributed by atoms with Crippen LogP contribution in [0, 0.1) is 11.7 Å². The van der Waals surface area contributed by atoms with Crippen LogP contribution >= 0.6 is 22.9 Å². The first-order valence-corrected chi connectivity index (χ1v) is 11.7. The number of thiazole rings is 1. The van der Waals surface area contributed by atoms with Crippen LogP contribution in [0.2, 0.25) is 5.02 Å². The summed E-state index contributed by atoms with van der Waals surface area (Å²) in [4.78, 5) is 21.5. The lowest BCUT2D eigenvalue weighted by Gasteiger charge is -2.38. The molecule has 0 bridgehead atoms. The van der Waals surface area contributed by atoms with Crippen molar-refractivity contribution in [3.63, 3.8) is 0 Å². The smallest absolute Gasteiger partial charge is 0.335 e. The number of aliphatic carboxylic acids is 1. The van der Waals surface area contributed by atoms with E-state index in [1.54, 1.807) is 6.20 Å². The average Bonchev–Trinajstić information content (AvgIpc) is 3.46. The van der Waals surface area contributed by atoms with Gasteiger partial charge in [0.05, 0.1) is 18.8 Å². The molecule has 1 atom stereocenters. The molecule has 2 fully saturated rings. The predicted octanol–water partition coefficient (Wildman–Crippen LogP) is 4.30. The van der Waals surface area contributed by atoms with Crippen LogP contribution in [0.15, 0.2) is 46.0 Å². The van der Waals surface area contributed by atoms with Gasteiger partial charge in [-0.1, -0.05) is 17.7 Å². The molecule has 32 heavy (non-hydrogen) atoms. The number of aromatic nitrogens is 1. The number of amidine groups is 1. The summed E-state index contributed by atoms with van der Waals surface area (Å²) in [6.45, 7) is 1.16. The molecule has 1 aromatic heterocycles. The Morgan fingerprint density at radius 1 is 1.28 bits per heavy atom. The van der Waals surface area contributed by atoms with Crippen LogP contribution in [-0.4, -0.2) is 40.9 Å². The van der Waals surface area contributed by atoms with E-state index >= 15 is 0 Å². The summed E-state index contributed by atoms with van der Waals surface area (Å²) < 4.78 is 25.3. The second kappa shape index (κ2) is 8.55. The number of nitrogens with zero attached hydrogens (tertiary/aromatic N) is 2. The number of carbonyl (C=O) groups is 1. The van der Waals surface area contributed by atoms with Crippen molar-refractivity contribution >= 4 is 34.7 Å². The Morgan fingerprint density at radius 2 is 2.03 bits per heavy atom. The Kier molecular flexibility index (Phi) is 5.75. The first-order chi connectivity index (χ1) is 15.5. The van der Waals surface area contributed by atoms with Crippen LogP contribution in [0.4, 0.5) is 4.39 Å². The highest BCUT2D eigenvalue weighted by Crippen LogP contribution is 2.44. The van der Waals surface area contributed by atoms with Gasteiger partial charge in [-0.25, -0.2) is 14.2 Å². The molecule has 1 aliphatic carbocycles. The number of halogens is 2. The Morgan fingerprint density at radius 3 is 2.66 bits per heavy atom. The molecule has 1 unspecified atom stereocenters. The number of carboxylic acid groups (broad SMARTS) is 1. The number of allylic oxidation sites excluding steroid dienone is 1. The van der Waals surface area contributed by atoms with Gasteiger partial charge in [-0.2, -0.15) is 0 Å². The molecule has 3 heterocycles. The summed E-state index contributed by atoms with van der Waals surface area (Å²) >= 11 is 7.73. The first-order valence-electron chi connectivity index (χ1n) is 10.4. The van der Waals surface area contributed by atoms with Crippen molar-refractivity contribution < 1.29 is 23.8 Å². The van der Waals surface area contributed by atoms with Gasteiger partial charge in [-0.05, 0) is 25.0 Å². The molecule has 0 amide bonds. The fraction of sp³-hybridized carbons (Fsp3) is 0.409. The number of carboxylic acids is 1. The van der Waals surface area contributed by atoms with Crippen LogP contribution in [0.25, 0.3) is 0 Å². The molecule has 7 nitrogen and oxygen atoms in total. The summed E-state index contributed by atoms with van der Waals surface area (Å²) in [5.41, 5.74) is 1.15. The van der Waals surface area contributed by atoms with E-state index in [-0.39, 0.29) is 16.5 Å². The van der Waals surface area contributed by atoms with Gasteiger partial charge in [0.2, 0.25) is 0 Å². The molecule has 1 saturated heterocycles. The molecule has 1 spiro atoms. The van der Waals surface area contributed by atoms with E-state index in [0.717, 1.165) is 0 Å². The van der Waals surface area contributed by atoms with Gasteiger partial charge in [0.25, 0.3) is 0 Å². The van der Waals surface area contributed by atoms with Gasteiger partial charge in [0.1, 0.15) is 11.9 Å². The number of hydrogen-bond acceptors (Lipinski definition) is 7. The maximum absolute atomic E-state index is 13.7. The third-order valence-electron chi connectivity index (χ3n) is 6.17. The SMILES string of the molecule is O=C(O)C1=C(C2CCC3(CC2)OCCO3)NC(c2nccs2)=NC1c1ccc(F)cc1Cl. The number of aliphatic imine (C=N–C) groups is 1. The predicted molar refractivity (Wildman–Crippen MR) is 117 cm³/mol. The lowest BCUT2D eigenvalue weighted by atomic mass is 9.80. The van der Waals surface area contributed by atoms with Crippen molar-refractivity contribution in [1.82, 2.24) is 10.3 Å². The molecule has 168 valence electrons. The van der Waals surface area contributed by atoms with Gasteiger partial charge in [0, 0.05) is 46.6 Å². The summed E-state index contributed by atoms with van der Waals surface area (Å²) in [5.74, 6) is -1.70. The van der Waals surface area contributed by atoms with Gasteiger partial charge < -0.3 is 19.9 Å². The molecule has 1 saturated carbocycles. The van der Waals surface area contributed by atoms with Crippen molar-refractivity contribution in [2.75, 3.05) is 13.2 Å². The van der Waals surface area contributed by atoms with Gasteiger partial charge in [-0.3, -0.25) is 4.99 Å². The van der Waals surface area contributed by atoms with Crippen LogP contribution in [-0.2, 0) is 14.3 Å². The lowest BCUT2D eigenvalue weighted by Crippen LogP contribution is -2.41. The third-order valence-corrected chi connectivity index (χ3v) is 7.27. The van der Waals surface area contributed by atoms with Gasteiger partial charge in [-0.15, -0.1) is 11.3 Å². The van der Waals surface area contributed by atoms with E-state index < -0.39 is 23.6 Å². The molecular weight excluding hydrogens is 457 g/mol. The fourth-order valence-electron chi connectivity index (χ4n) is 4.65. The number of rotatable bonds is 4. The number of ether oxygens (including phenoxy) is 2. The Balaban J connectivity index is 1.56. The molecular formula is C22H21ClFN3O4S. The minimum atomic E-state index is -1.09. The fourth-order valence-corrected chi connectivity index (χ4v) is 5.51. The van der Waals surface area contributed by atoms with Crippen LogP contribution in [0.5, 0.6) is 0 Å². The summed E-state index contributed by atoms with van der Waals surface area (Å²) in [7, 11) is 0. The zero-order valence-electron chi connectivity index (χ0n) is 17.0. The van der Waals surface area contributed by atoms with E-state index in [4.69, 9.17) is 21.1 Å². The molecule has 2 N–H and O–H groups in total. The van der Waals surface area contributed by atoms with E-state index in [1.807, 2.05) is 5.38 Å². The van der Waals surface area contributed by atoms with Crippen molar-refractivity contribution in [2.24, 2.45) is 10.9 Å². The van der Waals surface area contributed by atoms with Crippen molar-refractivity contribution in [2.45, 2.75) is 37.5 Å². The van der Waals surface area contributed by atoms with E-state index in [2.05, 4.69) is 15.3 Å². The van der Waals surface area contributed by atoms with Crippen molar-refractivity contribution in [1.29, 1.82) is 0 Å². The Labute approximate surface area is 192 Å². The molecule has 0 radical (unpaired) electrons. The lowest BCUT2D eigenvalue weighted by molar-refractivity contribution is -0.181. The van der Waals surface area contributed by atoms with Crippen LogP contribution in [0.3, 0.4) is 0 Å². The van der Waals surface area contributed by atoms with E-state index in [1.165, 1.54) is 29.5 Å². The zero-order chi connectivity index (χ0) is 22.3. The molecule has 1 aromatic carbocycles. The molecule has 5 rings (SSSR count). The standard InChI is InChI=1S/C22H21ClFN3O4S/c23-15-11-13(24)1-2-14(15)18-16(21(28)29)17(26-19(27-18)20-25-7-10-32-20)12-3-5-22(6-4-12)30-8-9-31-22/h1-2,7,10-12,18H,3-6,8-9H2,(H,26,27)(H,28,29). The van der Waals surface area contributed by atoms with E-state index in [9.17, 15) is 14.3 Å². The summed E-state index contributed by atoms with van der Waals surface area (Å²) in [6.07, 6.45) is 4.43. The maximum atomic E-state index is 13.7. The highest BCUT2D eigenvalue weighted by molar-refractivity contribution is 7.11. The minimum Gasteiger partial charge on any atom is -0.478 e. The summed E-state index contributed by atoms with van der Waals surface area (Å²) in [6, 6.07) is 3.05. The molecule has 3 aliphatic rings. The largest absolute Gasteiger partial charge is 0.478 e.